The Morgan fingerprint density at radius 3 is 2.54 bits per heavy atom. The fourth-order valence-corrected chi connectivity index (χ4v) is 3.04. The molecule has 2 heterocycles. The number of ether oxygens (including phenoxy) is 1. The van der Waals surface area contributed by atoms with Gasteiger partial charge in [-0.25, -0.2) is 4.99 Å². The monoisotopic (exact) mass is 478 g/mol. The van der Waals surface area contributed by atoms with Gasteiger partial charge < -0.3 is 15.4 Å². The van der Waals surface area contributed by atoms with E-state index in [0.29, 0.717) is 6.54 Å². The van der Waals surface area contributed by atoms with Crippen molar-refractivity contribution in [1.82, 2.24) is 25.3 Å². The number of hydrogen-bond donors (Lipinski definition) is 2. The third-order valence-corrected chi connectivity index (χ3v) is 4.70. The van der Waals surface area contributed by atoms with E-state index >= 15 is 0 Å². The van der Waals surface area contributed by atoms with Gasteiger partial charge in [-0.15, -0.1) is 24.0 Å². The molecule has 0 bridgehead atoms. The van der Waals surface area contributed by atoms with E-state index in [-0.39, 0.29) is 24.0 Å². The minimum atomic E-state index is 0. The van der Waals surface area contributed by atoms with Gasteiger partial charge in [0.1, 0.15) is 0 Å². The average molecular weight is 478 g/mol. The van der Waals surface area contributed by atoms with Gasteiger partial charge in [-0.05, 0) is 40.2 Å². The molecule has 1 aliphatic heterocycles. The van der Waals surface area contributed by atoms with Crippen LogP contribution in [0.4, 0.5) is 0 Å². The Morgan fingerprint density at radius 2 is 1.92 bits per heavy atom. The number of morpholine rings is 1. The lowest BCUT2D eigenvalue weighted by Gasteiger charge is -2.26. The van der Waals surface area contributed by atoms with E-state index in [4.69, 9.17) is 9.73 Å². The third-order valence-electron chi connectivity index (χ3n) is 4.70. The highest BCUT2D eigenvalue weighted by Gasteiger charge is 2.10. The molecule has 0 aromatic carbocycles. The SMILES string of the molecule is CCNC(=NCc1c(C)nn(C)c1C)NCCCCN1CCOCC1.I. The van der Waals surface area contributed by atoms with Crippen LogP contribution in [0.25, 0.3) is 0 Å². The summed E-state index contributed by atoms with van der Waals surface area (Å²) in [7, 11) is 1.98. The molecule has 1 aromatic rings. The summed E-state index contributed by atoms with van der Waals surface area (Å²) in [4.78, 5) is 7.20. The molecule has 1 fully saturated rings. The van der Waals surface area contributed by atoms with Crippen molar-refractivity contribution in [2.24, 2.45) is 12.0 Å². The largest absolute Gasteiger partial charge is 0.379 e. The molecular formula is C18H35IN6O. The number of nitrogens with one attached hydrogen (secondary N) is 2. The Hall–Kier alpha value is -0.870. The minimum Gasteiger partial charge on any atom is -0.379 e. The summed E-state index contributed by atoms with van der Waals surface area (Å²) in [5, 5.41) is 11.2. The van der Waals surface area contributed by atoms with Crippen molar-refractivity contribution in [3.05, 3.63) is 17.0 Å². The lowest BCUT2D eigenvalue weighted by atomic mass is 10.2. The van der Waals surface area contributed by atoms with E-state index in [1.807, 2.05) is 18.7 Å². The molecule has 150 valence electrons. The van der Waals surface area contributed by atoms with Crippen LogP contribution in [0.3, 0.4) is 0 Å². The maximum atomic E-state index is 5.38. The molecule has 0 unspecified atom stereocenters. The maximum Gasteiger partial charge on any atom is 0.191 e. The van der Waals surface area contributed by atoms with Gasteiger partial charge in [-0.3, -0.25) is 9.58 Å². The molecule has 0 atom stereocenters. The number of aryl methyl sites for hydroxylation is 2. The van der Waals surface area contributed by atoms with E-state index in [9.17, 15) is 0 Å². The van der Waals surface area contributed by atoms with E-state index < -0.39 is 0 Å². The summed E-state index contributed by atoms with van der Waals surface area (Å²) in [6.07, 6.45) is 2.35. The predicted molar refractivity (Wildman–Crippen MR) is 117 cm³/mol. The predicted octanol–water partition coefficient (Wildman–Crippen LogP) is 1.82. The lowest BCUT2D eigenvalue weighted by Crippen LogP contribution is -2.39. The van der Waals surface area contributed by atoms with Crippen LogP contribution in [-0.2, 0) is 18.3 Å². The van der Waals surface area contributed by atoms with E-state index in [1.54, 1.807) is 0 Å². The first-order chi connectivity index (χ1) is 12.1. The van der Waals surface area contributed by atoms with Crippen LogP contribution < -0.4 is 10.6 Å². The van der Waals surface area contributed by atoms with Crippen molar-refractivity contribution < 1.29 is 4.74 Å². The van der Waals surface area contributed by atoms with Crippen molar-refractivity contribution in [2.75, 3.05) is 45.9 Å². The van der Waals surface area contributed by atoms with Crippen LogP contribution in [0.1, 0.15) is 36.7 Å². The van der Waals surface area contributed by atoms with Gasteiger partial charge in [0.05, 0.1) is 25.5 Å². The van der Waals surface area contributed by atoms with Gasteiger partial charge in [-0.1, -0.05) is 0 Å². The number of hydrogen-bond acceptors (Lipinski definition) is 4. The Kier molecular flexibility index (Phi) is 11.1. The minimum absolute atomic E-state index is 0. The number of guanidine groups is 1. The molecule has 2 N–H and O–H groups in total. The number of nitrogens with zero attached hydrogens (tertiary/aromatic N) is 4. The van der Waals surface area contributed by atoms with Gasteiger partial charge in [-0.2, -0.15) is 5.10 Å². The molecule has 7 nitrogen and oxygen atoms in total. The molecule has 1 aliphatic rings. The maximum absolute atomic E-state index is 5.38. The number of halogens is 1. The van der Waals surface area contributed by atoms with Gasteiger partial charge in [0.15, 0.2) is 5.96 Å². The quantitative estimate of drug-likeness (QED) is 0.258. The van der Waals surface area contributed by atoms with Crippen LogP contribution in [0.2, 0.25) is 0 Å². The van der Waals surface area contributed by atoms with E-state index in [2.05, 4.69) is 34.5 Å². The molecular weight excluding hydrogens is 443 g/mol. The van der Waals surface area contributed by atoms with Gasteiger partial charge in [0, 0.05) is 44.5 Å². The molecule has 0 aliphatic carbocycles. The normalized spacial score (nSPS) is 15.6. The summed E-state index contributed by atoms with van der Waals surface area (Å²) in [6.45, 7) is 13.8. The molecule has 2 rings (SSSR count). The zero-order valence-electron chi connectivity index (χ0n) is 16.7. The van der Waals surface area contributed by atoms with E-state index in [1.165, 1.54) is 17.7 Å². The highest BCUT2D eigenvalue weighted by Crippen LogP contribution is 2.12. The van der Waals surface area contributed by atoms with Crippen molar-refractivity contribution in [1.29, 1.82) is 0 Å². The van der Waals surface area contributed by atoms with Crippen LogP contribution in [0, 0.1) is 13.8 Å². The Labute approximate surface area is 175 Å². The zero-order chi connectivity index (χ0) is 18.1. The first-order valence-electron chi connectivity index (χ1n) is 9.43. The summed E-state index contributed by atoms with van der Waals surface area (Å²) in [5.41, 5.74) is 3.46. The van der Waals surface area contributed by atoms with Gasteiger partial charge >= 0.3 is 0 Å². The smallest absolute Gasteiger partial charge is 0.191 e. The zero-order valence-corrected chi connectivity index (χ0v) is 19.0. The molecule has 8 heteroatoms. The Bertz CT molecular complexity index is 554. The molecule has 0 amide bonds. The second kappa shape index (κ2) is 12.5. The fraction of sp³-hybridized carbons (Fsp3) is 0.778. The first-order valence-corrected chi connectivity index (χ1v) is 9.43. The summed E-state index contributed by atoms with van der Waals surface area (Å²) in [5.74, 6) is 0.886. The molecule has 26 heavy (non-hydrogen) atoms. The van der Waals surface area contributed by atoms with Crippen molar-refractivity contribution in [3.8, 4) is 0 Å². The highest BCUT2D eigenvalue weighted by molar-refractivity contribution is 14.0. The Balaban J connectivity index is 0.00000338. The topological polar surface area (TPSA) is 66.7 Å². The van der Waals surface area contributed by atoms with Crippen molar-refractivity contribution in [2.45, 2.75) is 40.2 Å². The van der Waals surface area contributed by atoms with Gasteiger partial charge in [0.2, 0.25) is 0 Å². The summed E-state index contributed by atoms with van der Waals surface area (Å²) < 4.78 is 7.31. The van der Waals surface area contributed by atoms with Crippen molar-refractivity contribution >= 4 is 29.9 Å². The van der Waals surface area contributed by atoms with E-state index in [0.717, 1.165) is 64.0 Å². The molecule has 0 spiro atoms. The lowest BCUT2D eigenvalue weighted by molar-refractivity contribution is 0.0372. The second-order valence-corrected chi connectivity index (χ2v) is 6.56. The Morgan fingerprint density at radius 1 is 1.19 bits per heavy atom. The number of aliphatic imine (C=N–C) groups is 1. The van der Waals surface area contributed by atoms with Gasteiger partial charge in [0.25, 0.3) is 0 Å². The number of unbranched alkanes of at least 4 members (excludes halogenated alkanes) is 1. The molecule has 0 radical (unpaired) electrons. The summed E-state index contributed by atoms with van der Waals surface area (Å²) in [6, 6.07) is 0. The average Bonchev–Trinajstić information content (AvgIpc) is 2.85. The molecule has 1 saturated heterocycles. The number of aromatic nitrogens is 2. The molecule has 0 saturated carbocycles. The molecule has 1 aromatic heterocycles. The number of rotatable bonds is 8. The van der Waals surface area contributed by atoms with Crippen molar-refractivity contribution in [3.63, 3.8) is 0 Å². The first kappa shape index (κ1) is 23.2. The highest BCUT2D eigenvalue weighted by atomic mass is 127. The third kappa shape index (κ3) is 7.40. The summed E-state index contributed by atoms with van der Waals surface area (Å²) >= 11 is 0. The second-order valence-electron chi connectivity index (χ2n) is 6.56. The van der Waals surface area contributed by atoms with Crippen LogP contribution in [0.15, 0.2) is 4.99 Å². The van der Waals surface area contributed by atoms with Crippen LogP contribution >= 0.6 is 24.0 Å². The fourth-order valence-electron chi connectivity index (χ4n) is 3.04. The van der Waals surface area contributed by atoms with Crippen LogP contribution in [0.5, 0.6) is 0 Å². The van der Waals surface area contributed by atoms with Crippen LogP contribution in [-0.4, -0.2) is 66.6 Å². The standard InChI is InChI=1S/C18H34N6O.HI/c1-5-19-18(21-14-17-15(2)22-23(4)16(17)3)20-8-6-7-9-24-10-12-25-13-11-24;/h5-14H2,1-4H3,(H2,19,20,21);1H.